The van der Waals surface area contributed by atoms with Gasteiger partial charge < -0.3 is 16.8 Å². The Morgan fingerprint density at radius 3 is 2.72 bits per heavy atom. The van der Waals surface area contributed by atoms with Gasteiger partial charge >= 0.3 is 0 Å². The normalized spacial score (nSPS) is 15.2. The highest BCUT2D eigenvalue weighted by Gasteiger charge is 2.29. The van der Waals surface area contributed by atoms with Crippen molar-refractivity contribution in [2.45, 2.75) is 6.04 Å². The van der Waals surface area contributed by atoms with Gasteiger partial charge in [0, 0.05) is 10.0 Å². The molecule has 1 aromatic carbocycles. The van der Waals surface area contributed by atoms with Gasteiger partial charge in [-0.15, -0.1) is 0 Å². The zero-order valence-electron chi connectivity index (χ0n) is 12.5. The van der Waals surface area contributed by atoms with Crippen LogP contribution in [0.3, 0.4) is 0 Å². The molecular formula is C15H10BrClN8. The van der Waals surface area contributed by atoms with Gasteiger partial charge in [-0.1, -0.05) is 17.7 Å². The number of aliphatic imine (C=N–C) groups is 1. The van der Waals surface area contributed by atoms with Crippen LogP contribution in [0.1, 0.15) is 22.7 Å². The first-order valence-corrected chi connectivity index (χ1v) is 8.07. The number of rotatable bonds is 1. The Morgan fingerprint density at radius 1 is 1.32 bits per heavy atom. The Morgan fingerprint density at radius 2 is 2.08 bits per heavy atom. The number of halogens is 2. The summed E-state index contributed by atoms with van der Waals surface area (Å²) in [6.07, 6.45) is 1.80. The third-order valence-corrected chi connectivity index (χ3v) is 4.83. The van der Waals surface area contributed by atoms with Crippen LogP contribution in [0, 0.1) is 22.8 Å². The van der Waals surface area contributed by atoms with Crippen molar-refractivity contribution in [1.82, 2.24) is 10.3 Å². The number of fused-ring (bicyclic) bond motifs is 1. The Kier molecular flexibility index (Phi) is 4.36. The average Bonchev–Trinajstić information content (AvgIpc) is 2.57. The summed E-state index contributed by atoms with van der Waals surface area (Å²) in [5.74, 6) is 0.528. The third kappa shape index (κ3) is 2.91. The molecule has 0 amide bonds. The van der Waals surface area contributed by atoms with Crippen molar-refractivity contribution in [2.24, 2.45) is 4.99 Å². The summed E-state index contributed by atoms with van der Waals surface area (Å²) in [7, 11) is 0. The van der Waals surface area contributed by atoms with Gasteiger partial charge in [0.1, 0.15) is 29.3 Å². The fraction of sp³-hybridized carbons (Fsp3) is 0.0667. The summed E-state index contributed by atoms with van der Waals surface area (Å²) in [6, 6.07) is 6.64. The highest BCUT2D eigenvalue weighted by molar-refractivity contribution is 9.10. The molecule has 1 aliphatic heterocycles. The second-order valence-electron chi connectivity index (χ2n) is 5.08. The fourth-order valence-corrected chi connectivity index (χ4v) is 3.02. The predicted molar refractivity (Wildman–Crippen MR) is 98.6 cm³/mol. The maximum absolute atomic E-state index is 9.29. The first kappa shape index (κ1) is 16.8. The van der Waals surface area contributed by atoms with E-state index in [1.165, 1.54) is 0 Å². The Balaban J connectivity index is 2.25. The molecule has 25 heavy (non-hydrogen) atoms. The van der Waals surface area contributed by atoms with Crippen molar-refractivity contribution in [3.8, 4) is 12.3 Å². The maximum atomic E-state index is 9.29. The van der Waals surface area contributed by atoms with Crippen molar-refractivity contribution in [3.63, 3.8) is 0 Å². The molecule has 2 heterocycles. The van der Waals surface area contributed by atoms with E-state index in [0.717, 1.165) is 5.56 Å². The number of benzene rings is 1. The topological polar surface area (TPSA) is 149 Å². The van der Waals surface area contributed by atoms with Gasteiger partial charge in [0.25, 0.3) is 0 Å². The number of guanidine groups is 1. The monoisotopic (exact) mass is 416 g/mol. The molecule has 6 N–H and O–H groups in total. The summed E-state index contributed by atoms with van der Waals surface area (Å²) >= 11 is 9.42. The summed E-state index contributed by atoms with van der Waals surface area (Å²) in [5.41, 5.74) is 13.5. The van der Waals surface area contributed by atoms with Crippen LogP contribution in [0.2, 0.25) is 5.02 Å². The first-order valence-electron chi connectivity index (χ1n) is 6.90. The van der Waals surface area contributed by atoms with Crippen LogP contribution in [0.25, 0.3) is 0 Å². The minimum absolute atomic E-state index is 0.000458. The maximum Gasteiger partial charge on any atom is 0.211 e. The van der Waals surface area contributed by atoms with Crippen molar-refractivity contribution in [1.29, 1.82) is 10.5 Å². The Labute approximate surface area is 156 Å². The van der Waals surface area contributed by atoms with Gasteiger partial charge in [0.05, 0.1) is 10.7 Å². The molecule has 3 rings (SSSR count). The number of nitrogen functional groups attached to an aromatic ring is 2. The van der Waals surface area contributed by atoms with Crippen molar-refractivity contribution < 1.29 is 0 Å². The minimum atomic E-state index is -0.596. The molecule has 0 aliphatic carbocycles. The fourth-order valence-electron chi connectivity index (χ4n) is 2.50. The zero-order chi connectivity index (χ0) is 18.1. The molecule has 1 aromatic heterocycles. The molecule has 0 radical (unpaired) electrons. The van der Waals surface area contributed by atoms with E-state index in [0.29, 0.717) is 20.9 Å². The lowest BCUT2D eigenvalue weighted by molar-refractivity contribution is 0.846. The van der Waals surface area contributed by atoms with Crippen LogP contribution < -0.4 is 22.1 Å². The van der Waals surface area contributed by atoms with Gasteiger partial charge in [-0.05, 0) is 33.6 Å². The van der Waals surface area contributed by atoms with Crippen LogP contribution in [0.15, 0.2) is 27.7 Å². The minimum Gasteiger partial charge on any atom is -0.397 e. The molecule has 0 spiro atoms. The van der Waals surface area contributed by atoms with E-state index in [4.69, 9.17) is 28.3 Å². The van der Waals surface area contributed by atoms with Gasteiger partial charge in [0.2, 0.25) is 5.96 Å². The number of nitrogens with two attached hydrogens (primary N) is 2. The summed E-state index contributed by atoms with van der Waals surface area (Å²) < 4.78 is 0.680. The average molecular weight is 418 g/mol. The second kappa shape index (κ2) is 6.48. The number of anilines is 3. The molecule has 8 nitrogen and oxygen atoms in total. The standard InChI is InChI=1S/C15H10BrClN8/c16-8-3-6(1-2-9(8)17)12-10-11(20)7(4-18)13(21)24-14(10)25-15(23-12)22-5-19/h1-3,12H,(H6,20,21,22,23,24,25). The smallest absolute Gasteiger partial charge is 0.211 e. The van der Waals surface area contributed by atoms with E-state index in [-0.39, 0.29) is 23.0 Å². The highest BCUT2D eigenvalue weighted by atomic mass is 79.9. The molecule has 124 valence electrons. The molecule has 10 heteroatoms. The quantitative estimate of drug-likeness (QED) is 0.411. The third-order valence-electron chi connectivity index (χ3n) is 3.62. The van der Waals surface area contributed by atoms with Crippen LogP contribution in [0.4, 0.5) is 17.3 Å². The van der Waals surface area contributed by atoms with Crippen molar-refractivity contribution in [3.05, 3.63) is 44.4 Å². The predicted octanol–water partition coefficient (Wildman–Crippen LogP) is 2.48. The van der Waals surface area contributed by atoms with E-state index in [2.05, 4.69) is 36.5 Å². The van der Waals surface area contributed by atoms with E-state index < -0.39 is 6.04 Å². The molecule has 0 fully saturated rings. The number of aromatic nitrogens is 1. The van der Waals surface area contributed by atoms with Gasteiger partial charge in [-0.3, -0.25) is 5.32 Å². The van der Waals surface area contributed by atoms with Gasteiger partial charge in [-0.2, -0.15) is 10.5 Å². The van der Waals surface area contributed by atoms with E-state index in [1.807, 2.05) is 6.07 Å². The summed E-state index contributed by atoms with van der Waals surface area (Å²) in [6.45, 7) is 0. The highest BCUT2D eigenvalue weighted by Crippen LogP contribution is 2.41. The molecule has 0 saturated carbocycles. The van der Waals surface area contributed by atoms with Crippen LogP contribution in [-0.2, 0) is 0 Å². The first-order chi connectivity index (χ1) is 12.0. The van der Waals surface area contributed by atoms with Crippen molar-refractivity contribution in [2.75, 3.05) is 16.8 Å². The number of nitrogens with zero attached hydrogens (tertiary/aromatic N) is 4. The number of nitrogens with one attached hydrogen (secondary N) is 2. The largest absolute Gasteiger partial charge is 0.397 e. The lowest BCUT2D eigenvalue weighted by atomic mass is 9.95. The van der Waals surface area contributed by atoms with E-state index in [9.17, 15) is 5.26 Å². The Hall–Kier alpha value is -3.01. The number of hydrogen-bond donors (Lipinski definition) is 4. The summed E-state index contributed by atoms with van der Waals surface area (Å²) in [5, 5.41) is 24.0. The molecular weight excluding hydrogens is 408 g/mol. The number of pyridine rings is 1. The Bertz CT molecular complexity index is 988. The van der Waals surface area contributed by atoms with Gasteiger partial charge in [-0.25, -0.2) is 9.98 Å². The van der Waals surface area contributed by atoms with Crippen molar-refractivity contribution >= 4 is 50.8 Å². The molecule has 2 aromatic rings. The lowest BCUT2D eigenvalue weighted by Crippen LogP contribution is -2.32. The van der Waals surface area contributed by atoms with Crippen LogP contribution in [-0.4, -0.2) is 10.9 Å². The number of nitriles is 2. The number of hydrogen-bond acceptors (Lipinski definition) is 8. The van der Waals surface area contributed by atoms with E-state index in [1.54, 1.807) is 24.4 Å². The molecule has 0 bridgehead atoms. The molecule has 1 aliphatic rings. The molecule has 1 atom stereocenters. The zero-order valence-corrected chi connectivity index (χ0v) is 14.9. The van der Waals surface area contributed by atoms with Crippen LogP contribution >= 0.6 is 27.5 Å². The lowest BCUT2D eigenvalue weighted by Gasteiger charge is -2.26. The molecule has 1 unspecified atom stereocenters. The van der Waals surface area contributed by atoms with Crippen LogP contribution in [0.5, 0.6) is 0 Å². The van der Waals surface area contributed by atoms with E-state index >= 15 is 0 Å². The SMILES string of the molecule is N#CNC1=NC(c2ccc(Cl)c(Br)c2)c2c(nc(N)c(C#N)c2N)N1. The van der Waals surface area contributed by atoms with Gasteiger partial charge in [0.15, 0.2) is 6.19 Å². The molecule has 0 saturated heterocycles. The second-order valence-corrected chi connectivity index (χ2v) is 6.34. The summed E-state index contributed by atoms with van der Waals surface area (Å²) in [4.78, 5) is 8.65.